The Morgan fingerprint density at radius 1 is 1.50 bits per heavy atom. The molecule has 3 nitrogen and oxygen atoms in total. The van der Waals surface area contributed by atoms with Gasteiger partial charge in [0.05, 0.1) is 10.7 Å². The van der Waals surface area contributed by atoms with Crippen LogP contribution in [0.5, 0.6) is 5.75 Å². The Labute approximate surface area is 82.6 Å². The van der Waals surface area contributed by atoms with Gasteiger partial charge in [0.25, 0.3) is 0 Å². The minimum absolute atomic E-state index is 0.0326. The van der Waals surface area contributed by atoms with E-state index in [0.717, 1.165) is 0 Å². The van der Waals surface area contributed by atoms with Gasteiger partial charge >= 0.3 is 6.36 Å². The van der Waals surface area contributed by atoms with Gasteiger partial charge in [-0.1, -0.05) is 11.6 Å². The maximum Gasteiger partial charge on any atom is 0.573 e. The second kappa shape index (κ2) is 4.02. The molecule has 0 aromatic carbocycles. The highest BCUT2D eigenvalue weighted by molar-refractivity contribution is 6.32. The molecule has 1 rings (SSSR count). The quantitative estimate of drug-likeness (QED) is 0.840. The van der Waals surface area contributed by atoms with E-state index in [0.29, 0.717) is 0 Å². The SMILES string of the molecule is NCc1nccc(Cl)c1OC(F)(F)F. The molecule has 1 aromatic heterocycles. The molecule has 0 saturated heterocycles. The molecule has 0 aliphatic carbocycles. The van der Waals surface area contributed by atoms with Crippen LogP contribution >= 0.6 is 11.6 Å². The van der Waals surface area contributed by atoms with Crippen LogP contribution in [0.25, 0.3) is 0 Å². The van der Waals surface area contributed by atoms with Crippen molar-refractivity contribution in [1.82, 2.24) is 4.98 Å². The van der Waals surface area contributed by atoms with Crippen LogP contribution in [0.3, 0.4) is 0 Å². The van der Waals surface area contributed by atoms with Crippen LogP contribution in [0.2, 0.25) is 5.02 Å². The molecule has 78 valence electrons. The highest BCUT2D eigenvalue weighted by atomic mass is 35.5. The number of alkyl halides is 3. The molecule has 7 heteroatoms. The molecule has 1 heterocycles. The van der Waals surface area contributed by atoms with E-state index in [1.54, 1.807) is 0 Å². The highest BCUT2D eigenvalue weighted by Crippen LogP contribution is 2.31. The zero-order valence-corrected chi connectivity index (χ0v) is 7.56. The van der Waals surface area contributed by atoms with Gasteiger partial charge in [-0.25, -0.2) is 0 Å². The summed E-state index contributed by atoms with van der Waals surface area (Å²) in [5.74, 6) is -0.538. The number of ether oxygens (including phenoxy) is 1. The second-order valence-electron chi connectivity index (χ2n) is 2.32. The fourth-order valence-corrected chi connectivity index (χ4v) is 1.04. The summed E-state index contributed by atoms with van der Waals surface area (Å²) < 4.78 is 39.3. The van der Waals surface area contributed by atoms with Crippen molar-refractivity contribution in [3.63, 3.8) is 0 Å². The summed E-state index contributed by atoms with van der Waals surface area (Å²) in [7, 11) is 0. The molecule has 0 aliphatic rings. The van der Waals surface area contributed by atoms with Crippen molar-refractivity contribution in [1.29, 1.82) is 0 Å². The van der Waals surface area contributed by atoms with Gasteiger partial charge in [0, 0.05) is 12.7 Å². The van der Waals surface area contributed by atoms with E-state index in [1.165, 1.54) is 12.3 Å². The van der Waals surface area contributed by atoms with Gasteiger partial charge in [-0.2, -0.15) is 0 Å². The van der Waals surface area contributed by atoms with Crippen LogP contribution in [0, 0.1) is 0 Å². The van der Waals surface area contributed by atoms with Crippen molar-refractivity contribution in [3.8, 4) is 5.75 Å². The average molecular weight is 227 g/mol. The lowest BCUT2D eigenvalue weighted by Gasteiger charge is -2.12. The molecule has 0 amide bonds. The molecule has 0 aliphatic heterocycles. The zero-order valence-electron chi connectivity index (χ0n) is 6.81. The molecule has 0 bridgehead atoms. The molecule has 0 atom stereocenters. The van der Waals surface area contributed by atoms with E-state index in [9.17, 15) is 13.2 Å². The van der Waals surface area contributed by atoms with Crippen molar-refractivity contribution in [2.45, 2.75) is 12.9 Å². The number of nitrogens with zero attached hydrogens (tertiary/aromatic N) is 1. The molecule has 2 N–H and O–H groups in total. The maximum atomic E-state index is 11.9. The number of halogens is 4. The first kappa shape index (κ1) is 11.1. The summed E-state index contributed by atoms with van der Waals surface area (Å²) in [6, 6.07) is 1.20. The standard InChI is InChI=1S/C7H6ClF3N2O/c8-4-1-2-13-5(3-12)6(4)14-7(9,10)11/h1-2H,3,12H2. The Morgan fingerprint density at radius 2 is 2.14 bits per heavy atom. The van der Waals surface area contributed by atoms with Crippen LogP contribution in [0.1, 0.15) is 5.69 Å². The van der Waals surface area contributed by atoms with Crippen LogP contribution in [-0.2, 0) is 6.54 Å². The van der Waals surface area contributed by atoms with E-state index >= 15 is 0 Å². The van der Waals surface area contributed by atoms with Crippen molar-refractivity contribution < 1.29 is 17.9 Å². The minimum Gasteiger partial charge on any atom is -0.402 e. The molecular formula is C7H6ClF3N2O. The van der Waals surface area contributed by atoms with E-state index in [2.05, 4.69) is 9.72 Å². The first-order valence-electron chi connectivity index (χ1n) is 3.53. The van der Waals surface area contributed by atoms with Gasteiger partial charge in [0.1, 0.15) is 0 Å². The highest BCUT2D eigenvalue weighted by Gasteiger charge is 2.33. The van der Waals surface area contributed by atoms with Gasteiger partial charge in [0.2, 0.25) is 0 Å². The number of rotatable bonds is 2. The van der Waals surface area contributed by atoms with Gasteiger partial charge < -0.3 is 10.5 Å². The van der Waals surface area contributed by atoms with Crippen molar-refractivity contribution in [2.24, 2.45) is 5.73 Å². The number of hydrogen-bond donors (Lipinski definition) is 1. The third-order valence-electron chi connectivity index (χ3n) is 1.34. The van der Waals surface area contributed by atoms with Gasteiger partial charge in [0.15, 0.2) is 5.75 Å². The lowest BCUT2D eigenvalue weighted by atomic mass is 10.3. The molecule has 0 radical (unpaired) electrons. The lowest BCUT2D eigenvalue weighted by molar-refractivity contribution is -0.275. The minimum atomic E-state index is -4.80. The second-order valence-corrected chi connectivity index (χ2v) is 2.73. The number of nitrogens with two attached hydrogens (primary N) is 1. The molecule has 0 saturated carbocycles. The molecule has 0 spiro atoms. The number of pyridine rings is 1. The Bertz CT molecular complexity index is 329. The largest absolute Gasteiger partial charge is 0.573 e. The van der Waals surface area contributed by atoms with Crippen molar-refractivity contribution in [2.75, 3.05) is 0 Å². The topological polar surface area (TPSA) is 48.1 Å². The Morgan fingerprint density at radius 3 is 2.64 bits per heavy atom. The van der Waals surface area contributed by atoms with Gasteiger partial charge in [-0.05, 0) is 6.07 Å². The summed E-state index contributed by atoms with van der Waals surface area (Å²) in [4.78, 5) is 3.61. The molecule has 0 unspecified atom stereocenters. The fraction of sp³-hybridized carbons (Fsp3) is 0.286. The van der Waals surface area contributed by atoms with E-state index in [-0.39, 0.29) is 17.3 Å². The zero-order chi connectivity index (χ0) is 10.8. The third-order valence-corrected chi connectivity index (χ3v) is 1.64. The van der Waals surface area contributed by atoms with E-state index in [1.807, 2.05) is 0 Å². The third kappa shape index (κ3) is 2.74. The van der Waals surface area contributed by atoms with Crippen LogP contribution in [0.15, 0.2) is 12.3 Å². The average Bonchev–Trinajstić information content (AvgIpc) is 2.06. The van der Waals surface area contributed by atoms with Crippen molar-refractivity contribution in [3.05, 3.63) is 23.0 Å². The summed E-state index contributed by atoms with van der Waals surface area (Å²) in [6.07, 6.45) is -3.54. The first-order chi connectivity index (χ1) is 6.44. The first-order valence-corrected chi connectivity index (χ1v) is 3.91. The molecular weight excluding hydrogens is 221 g/mol. The molecule has 1 aromatic rings. The summed E-state index contributed by atoms with van der Waals surface area (Å²) in [5, 5.41) is -0.169. The van der Waals surface area contributed by atoms with E-state index in [4.69, 9.17) is 17.3 Å². The summed E-state index contributed by atoms with van der Waals surface area (Å²) >= 11 is 5.49. The van der Waals surface area contributed by atoms with E-state index < -0.39 is 12.1 Å². The molecule has 0 fully saturated rings. The van der Waals surface area contributed by atoms with Crippen LogP contribution in [0.4, 0.5) is 13.2 Å². The maximum absolute atomic E-state index is 11.9. The Kier molecular flexibility index (Phi) is 3.17. The predicted octanol–water partition coefficient (Wildman–Crippen LogP) is 2.09. The smallest absolute Gasteiger partial charge is 0.402 e. The monoisotopic (exact) mass is 226 g/mol. The summed E-state index contributed by atoms with van der Waals surface area (Å²) in [5.41, 5.74) is 5.14. The van der Waals surface area contributed by atoms with Gasteiger partial charge in [-0.3, -0.25) is 4.98 Å². The Balaban J connectivity index is 3.05. The fourth-order valence-electron chi connectivity index (χ4n) is 0.834. The number of hydrogen-bond acceptors (Lipinski definition) is 3. The lowest BCUT2D eigenvalue weighted by Crippen LogP contribution is -2.19. The van der Waals surface area contributed by atoms with Gasteiger partial charge in [-0.15, -0.1) is 13.2 Å². The Hall–Kier alpha value is -1.01. The van der Waals surface area contributed by atoms with Crippen LogP contribution < -0.4 is 10.5 Å². The van der Waals surface area contributed by atoms with Crippen LogP contribution in [-0.4, -0.2) is 11.3 Å². The normalized spacial score (nSPS) is 11.5. The summed E-state index contributed by atoms with van der Waals surface area (Å²) in [6.45, 7) is -0.175. The number of aromatic nitrogens is 1. The molecule has 14 heavy (non-hydrogen) atoms. The van der Waals surface area contributed by atoms with Crippen molar-refractivity contribution >= 4 is 11.6 Å². The predicted molar refractivity (Wildman–Crippen MR) is 43.8 cm³/mol.